The SMILES string of the molecule is COc1ccc(C(=O)OC(c2ccccc2)C(C)N(C)C)cc1OC.Cl. The van der Waals surface area contributed by atoms with Gasteiger partial charge in [0.15, 0.2) is 11.5 Å². The summed E-state index contributed by atoms with van der Waals surface area (Å²) in [7, 11) is 7.02. The van der Waals surface area contributed by atoms with Crippen LogP contribution in [0.2, 0.25) is 0 Å². The van der Waals surface area contributed by atoms with E-state index >= 15 is 0 Å². The lowest BCUT2D eigenvalue weighted by Gasteiger charge is -2.29. The zero-order valence-corrected chi connectivity index (χ0v) is 16.6. The highest BCUT2D eigenvalue weighted by atomic mass is 35.5. The number of likely N-dealkylation sites (N-methyl/N-ethyl adjacent to an activating group) is 1. The lowest BCUT2D eigenvalue weighted by molar-refractivity contribution is 0.00882. The summed E-state index contributed by atoms with van der Waals surface area (Å²) in [6.07, 6.45) is -0.378. The third-order valence-electron chi connectivity index (χ3n) is 4.23. The summed E-state index contributed by atoms with van der Waals surface area (Å²) in [6.45, 7) is 2.03. The molecular formula is C20H26ClNO4. The highest BCUT2D eigenvalue weighted by molar-refractivity contribution is 5.90. The van der Waals surface area contributed by atoms with E-state index in [9.17, 15) is 4.79 Å². The Balaban J connectivity index is 0.00000338. The fourth-order valence-electron chi connectivity index (χ4n) is 2.51. The van der Waals surface area contributed by atoms with Crippen molar-refractivity contribution in [1.82, 2.24) is 4.90 Å². The first kappa shape index (κ1) is 21.8. The summed E-state index contributed by atoms with van der Waals surface area (Å²) < 4.78 is 16.3. The number of carbonyl (C=O) groups is 1. The molecule has 2 atom stereocenters. The van der Waals surface area contributed by atoms with Crippen LogP contribution in [0.5, 0.6) is 11.5 Å². The molecule has 0 spiro atoms. The smallest absolute Gasteiger partial charge is 0.338 e. The Kier molecular flexibility index (Phi) is 8.42. The molecule has 0 aromatic heterocycles. The van der Waals surface area contributed by atoms with E-state index < -0.39 is 5.97 Å². The maximum atomic E-state index is 12.7. The molecule has 26 heavy (non-hydrogen) atoms. The molecule has 2 unspecified atom stereocenters. The third-order valence-corrected chi connectivity index (χ3v) is 4.23. The fourth-order valence-corrected chi connectivity index (χ4v) is 2.51. The number of hydrogen-bond acceptors (Lipinski definition) is 5. The number of nitrogens with zero attached hydrogens (tertiary/aromatic N) is 1. The quantitative estimate of drug-likeness (QED) is 0.681. The number of halogens is 1. The summed E-state index contributed by atoms with van der Waals surface area (Å²) in [5, 5.41) is 0. The van der Waals surface area contributed by atoms with Crippen molar-refractivity contribution >= 4 is 18.4 Å². The zero-order chi connectivity index (χ0) is 18.4. The molecular weight excluding hydrogens is 354 g/mol. The number of methoxy groups -OCH3 is 2. The molecule has 0 N–H and O–H groups in total. The van der Waals surface area contributed by atoms with E-state index in [4.69, 9.17) is 14.2 Å². The van der Waals surface area contributed by atoms with E-state index in [0.29, 0.717) is 17.1 Å². The molecule has 0 aliphatic rings. The Labute approximate surface area is 161 Å². The van der Waals surface area contributed by atoms with E-state index in [2.05, 4.69) is 0 Å². The van der Waals surface area contributed by atoms with Gasteiger partial charge < -0.3 is 19.1 Å². The number of hydrogen-bond donors (Lipinski definition) is 0. The Morgan fingerprint density at radius 2 is 1.58 bits per heavy atom. The third kappa shape index (κ3) is 5.13. The van der Waals surface area contributed by atoms with E-state index in [1.54, 1.807) is 25.3 Å². The van der Waals surface area contributed by atoms with Crippen molar-refractivity contribution in [3.05, 3.63) is 59.7 Å². The summed E-state index contributed by atoms with van der Waals surface area (Å²) in [4.78, 5) is 14.7. The van der Waals surface area contributed by atoms with Crippen molar-refractivity contribution in [1.29, 1.82) is 0 Å². The molecule has 0 saturated heterocycles. The van der Waals surface area contributed by atoms with Crippen molar-refractivity contribution in [2.75, 3.05) is 28.3 Å². The molecule has 0 fully saturated rings. The van der Waals surface area contributed by atoms with Crippen molar-refractivity contribution in [2.24, 2.45) is 0 Å². The van der Waals surface area contributed by atoms with Crippen LogP contribution in [0.4, 0.5) is 0 Å². The van der Waals surface area contributed by atoms with Gasteiger partial charge in [0, 0.05) is 6.04 Å². The predicted octanol–water partition coefficient (Wildman–Crippen LogP) is 3.97. The number of benzene rings is 2. The molecule has 0 saturated carbocycles. The largest absolute Gasteiger partial charge is 0.493 e. The fraction of sp³-hybridized carbons (Fsp3) is 0.350. The molecule has 2 aromatic rings. The van der Waals surface area contributed by atoms with Crippen molar-refractivity contribution in [3.63, 3.8) is 0 Å². The molecule has 142 valence electrons. The summed E-state index contributed by atoms with van der Waals surface area (Å²) in [5.41, 5.74) is 1.38. The molecule has 0 heterocycles. The van der Waals surface area contributed by atoms with Crippen LogP contribution < -0.4 is 9.47 Å². The lowest BCUT2D eigenvalue weighted by Crippen LogP contribution is -2.33. The molecule has 0 aliphatic heterocycles. The predicted molar refractivity (Wildman–Crippen MR) is 105 cm³/mol. The van der Waals surface area contributed by atoms with Gasteiger partial charge in [-0.2, -0.15) is 0 Å². The minimum Gasteiger partial charge on any atom is -0.493 e. The molecule has 5 nitrogen and oxygen atoms in total. The molecule has 0 amide bonds. The van der Waals surface area contributed by atoms with E-state index in [-0.39, 0.29) is 24.6 Å². The maximum Gasteiger partial charge on any atom is 0.338 e. The normalized spacial score (nSPS) is 12.7. The maximum absolute atomic E-state index is 12.7. The van der Waals surface area contributed by atoms with Gasteiger partial charge in [-0.25, -0.2) is 4.79 Å². The van der Waals surface area contributed by atoms with Crippen molar-refractivity contribution in [3.8, 4) is 11.5 Å². The van der Waals surface area contributed by atoms with Crippen molar-refractivity contribution < 1.29 is 19.0 Å². The Hall–Kier alpha value is -2.24. The van der Waals surface area contributed by atoms with Crippen LogP contribution in [0.3, 0.4) is 0 Å². The number of rotatable bonds is 7. The lowest BCUT2D eigenvalue weighted by atomic mass is 10.0. The van der Waals surface area contributed by atoms with Gasteiger partial charge in [0.05, 0.1) is 19.8 Å². The van der Waals surface area contributed by atoms with E-state index in [0.717, 1.165) is 5.56 Å². The van der Waals surface area contributed by atoms with Gasteiger partial charge >= 0.3 is 5.97 Å². The Bertz CT molecular complexity index is 706. The summed E-state index contributed by atoms with van der Waals surface area (Å²) in [5.74, 6) is 0.665. The molecule has 0 bridgehead atoms. The first-order valence-corrected chi connectivity index (χ1v) is 8.12. The molecule has 2 aromatic carbocycles. The topological polar surface area (TPSA) is 48.0 Å². The van der Waals surface area contributed by atoms with Crippen LogP contribution in [0.15, 0.2) is 48.5 Å². The Morgan fingerprint density at radius 3 is 2.12 bits per heavy atom. The van der Waals surface area contributed by atoms with Crippen LogP contribution in [0, 0.1) is 0 Å². The highest BCUT2D eigenvalue weighted by Crippen LogP contribution is 2.30. The molecule has 6 heteroatoms. The van der Waals surface area contributed by atoms with Gasteiger partial charge in [-0.1, -0.05) is 30.3 Å². The van der Waals surface area contributed by atoms with Gasteiger partial charge in [0.1, 0.15) is 6.10 Å². The van der Waals surface area contributed by atoms with E-state index in [1.807, 2.05) is 56.3 Å². The van der Waals surface area contributed by atoms with Gasteiger partial charge in [0.2, 0.25) is 0 Å². The number of esters is 1. The standard InChI is InChI=1S/C20H25NO4.ClH/c1-14(21(2)3)19(15-9-7-6-8-10-15)25-20(22)16-11-12-17(23-4)18(13-16)24-5;/h6-14,19H,1-5H3;1H. The van der Waals surface area contributed by atoms with Crippen LogP contribution in [-0.4, -0.2) is 45.2 Å². The van der Waals surface area contributed by atoms with Gasteiger partial charge in [-0.15, -0.1) is 12.4 Å². The highest BCUT2D eigenvalue weighted by Gasteiger charge is 2.26. The summed E-state index contributed by atoms with van der Waals surface area (Å²) in [6, 6.07) is 14.8. The average Bonchev–Trinajstić information content (AvgIpc) is 2.65. The van der Waals surface area contributed by atoms with Crippen LogP contribution in [-0.2, 0) is 4.74 Å². The monoisotopic (exact) mass is 379 g/mol. The average molecular weight is 380 g/mol. The molecule has 2 rings (SSSR count). The van der Waals surface area contributed by atoms with Gasteiger partial charge in [0.25, 0.3) is 0 Å². The second-order valence-electron chi connectivity index (χ2n) is 6.01. The number of ether oxygens (including phenoxy) is 3. The van der Waals surface area contributed by atoms with Crippen LogP contribution >= 0.6 is 12.4 Å². The van der Waals surface area contributed by atoms with Gasteiger partial charge in [-0.3, -0.25) is 0 Å². The summed E-state index contributed by atoms with van der Waals surface area (Å²) >= 11 is 0. The second-order valence-corrected chi connectivity index (χ2v) is 6.01. The first-order valence-electron chi connectivity index (χ1n) is 8.12. The molecule has 0 radical (unpaired) electrons. The second kappa shape index (κ2) is 10.0. The minimum atomic E-state index is -0.400. The first-order chi connectivity index (χ1) is 12.0. The Morgan fingerprint density at radius 1 is 0.962 bits per heavy atom. The molecule has 0 aliphatic carbocycles. The van der Waals surface area contributed by atoms with Crippen molar-refractivity contribution in [2.45, 2.75) is 19.1 Å². The van der Waals surface area contributed by atoms with E-state index in [1.165, 1.54) is 7.11 Å². The minimum absolute atomic E-state index is 0. The number of carbonyl (C=O) groups excluding carboxylic acids is 1. The zero-order valence-electron chi connectivity index (χ0n) is 15.8. The van der Waals surface area contributed by atoms with Gasteiger partial charge in [-0.05, 0) is 44.8 Å². The van der Waals surface area contributed by atoms with Crippen LogP contribution in [0.25, 0.3) is 0 Å². The van der Waals surface area contributed by atoms with Crippen LogP contribution in [0.1, 0.15) is 28.9 Å².